The van der Waals surface area contributed by atoms with E-state index in [-0.39, 0.29) is 30.7 Å². The number of nitrogens with one attached hydrogen (secondary N) is 1. The number of pyridine rings is 1. The zero-order valence-electron chi connectivity index (χ0n) is 18.6. The van der Waals surface area contributed by atoms with Crippen molar-refractivity contribution in [2.24, 2.45) is 0 Å². The number of fused-ring (bicyclic) bond motifs is 1. The molecule has 1 amide bonds. The molecule has 1 aliphatic heterocycles. The number of hydrogen-bond donors (Lipinski definition) is 2. The van der Waals surface area contributed by atoms with Crippen LogP contribution in [0.2, 0.25) is 0 Å². The van der Waals surface area contributed by atoms with Crippen molar-refractivity contribution in [1.29, 1.82) is 0 Å². The van der Waals surface area contributed by atoms with Crippen molar-refractivity contribution in [2.75, 3.05) is 31.7 Å². The fourth-order valence-corrected chi connectivity index (χ4v) is 5.58. The summed E-state index contributed by atoms with van der Waals surface area (Å²) in [6.07, 6.45) is 8.66. The molecule has 0 unspecified atom stereocenters. The normalized spacial score (nSPS) is 18.6. The number of aromatic nitrogens is 2. The van der Waals surface area contributed by atoms with E-state index in [2.05, 4.69) is 10.3 Å². The maximum atomic E-state index is 13.4. The molecular weight excluding hydrogens is 460 g/mol. The van der Waals surface area contributed by atoms with Crippen LogP contribution >= 0.6 is 24.0 Å². The van der Waals surface area contributed by atoms with Crippen molar-refractivity contribution in [1.82, 2.24) is 14.3 Å². The van der Waals surface area contributed by atoms with Gasteiger partial charge in [0.05, 0.1) is 30.3 Å². The highest BCUT2D eigenvalue weighted by Gasteiger charge is 2.37. The Kier molecular flexibility index (Phi) is 7.79. The molecule has 10 heteroatoms. The Bertz CT molecular complexity index is 1140. The highest BCUT2D eigenvalue weighted by Crippen LogP contribution is 2.37. The van der Waals surface area contributed by atoms with Crippen molar-refractivity contribution in [3.05, 3.63) is 44.7 Å². The Hall–Kier alpha value is -2.27. The van der Waals surface area contributed by atoms with E-state index < -0.39 is 0 Å². The molecule has 0 spiro atoms. The molecule has 2 aliphatic rings. The summed E-state index contributed by atoms with van der Waals surface area (Å²) in [5, 5.41) is 12.0. The molecule has 0 bridgehead atoms. The highest BCUT2D eigenvalue weighted by molar-refractivity contribution is 8.26. The molecule has 3 heterocycles. The summed E-state index contributed by atoms with van der Waals surface area (Å²) in [6, 6.07) is 3.82. The quantitative estimate of drug-likeness (QED) is 0.333. The van der Waals surface area contributed by atoms with Crippen LogP contribution < -0.4 is 10.9 Å². The Morgan fingerprint density at radius 1 is 1.27 bits per heavy atom. The first-order valence-corrected chi connectivity index (χ1v) is 12.4. The standard InChI is InChI=1S/C23H28N4O4S2/c1-15-7-8-19-25-20(24-9-11-31-12-10-28)17(21(29)26(19)14-15)13-18-22(30)27(23(32)33-18)16-5-3-2-4-6-16/h7-8,13-14,16,24,28H,2-6,9-12H2,1H3/b18-13+. The Labute approximate surface area is 202 Å². The first-order chi connectivity index (χ1) is 16.0. The van der Waals surface area contributed by atoms with Crippen LogP contribution in [-0.4, -0.2) is 62.0 Å². The topological polar surface area (TPSA) is 96.2 Å². The van der Waals surface area contributed by atoms with Gasteiger partial charge in [0.15, 0.2) is 0 Å². The maximum absolute atomic E-state index is 13.4. The number of aliphatic hydroxyl groups excluding tert-OH is 1. The molecule has 2 aromatic heterocycles. The molecule has 33 heavy (non-hydrogen) atoms. The lowest BCUT2D eigenvalue weighted by Crippen LogP contribution is -2.39. The summed E-state index contributed by atoms with van der Waals surface area (Å²) in [5.74, 6) is 0.252. The van der Waals surface area contributed by atoms with Gasteiger partial charge in [0.1, 0.15) is 15.8 Å². The number of rotatable bonds is 8. The van der Waals surface area contributed by atoms with Crippen LogP contribution in [0, 0.1) is 6.92 Å². The highest BCUT2D eigenvalue weighted by atomic mass is 32.2. The number of thiocarbonyl (C=S) groups is 1. The second-order valence-corrected chi connectivity index (χ2v) is 9.90. The minimum atomic E-state index is -0.259. The number of amides is 1. The van der Waals surface area contributed by atoms with Crippen LogP contribution in [0.4, 0.5) is 5.82 Å². The predicted octanol–water partition coefficient (Wildman–Crippen LogP) is 2.96. The van der Waals surface area contributed by atoms with Crippen LogP contribution in [0.1, 0.15) is 43.2 Å². The van der Waals surface area contributed by atoms with Crippen molar-refractivity contribution in [3.63, 3.8) is 0 Å². The predicted molar refractivity (Wildman–Crippen MR) is 134 cm³/mol. The Morgan fingerprint density at radius 2 is 2.06 bits per heavy atom. The van der Waals surface area contributed by atoms with Gasteiger partial charge < -0.3 is 15.2 Å². The van der Waals surface area contributed by atoms with E-state index in [0.29, 0.717) is 39.4 Å². The third kappa shape index (κ3) is 5.29. The summed E-state index contributed by atoms with van der Waals surface area (Å²) < 4.78 is 7.35. The summed E-state index contributed by atoms with van der Waals surface area (Å²) in [4.78, 5) is 33.5. The second-order valence-electron chi connectivity index (χ2n) is 8.22. The minimum Gasteiger partial charge on any atom is -0.394 e. The van der Waals surface area contributed by atoms with Crippen LogP contribution in [0.15, 0.2) is 28.0 Å². The third-order valence-corrected chi connectivity index (χ3v) is 7.15. The third-order valence-electron chi connectivity index (χ3n) is 5.82. The fraction of sp³-hybridized carbons (Fsp3) is 0.478. The summed E-state index contributed by atoms with van der Waals surface area (Å²) in [5.41, 5.74) is 1.49. The smallest absolute Gasteiger partial charge is 0.267 e. The Balaban J connectivity index is 1.68. The van der Waals surface area contributed by atoms with Crippen LogP contribution in [-0.2, 0) is 9.53 Å². The van der Waals surface area contributed by atoms with Crippen LogP contribution in [0.25, 0.3) is 11.7 Å². The van der Waals surface area contributed by atoms with Gasteiger partial charge in [-0.05, 0) is 37.5 Å². The largest absolute Gasteiger partial charge is 0.394 e. The molecule has 1 aliphatic carbocycles. The first-order valence-electron chi connectivity index (χ1n) is 11.2. The van der Waals surface area contributed by atoms with Gasteiger partial charge in [-0.15, -0.1) is 0 Å². The lowest BCUT2D eigenvalue weighted by molar-refractivity contribution is -0.124. The summed E-state index contributed by atoms with van der Waals surface area (Å²) >= 11 is 6.78. The number of ether oxygens (including phenoxy) is 1. The number of aliphatic hydroxyl groups is 1. The monoisotopic (exact) mass is 488 g/mol. The van der Waals surface area contributed by atoms with Gasteiger partial charge in [-0.1, -0.05) is 49.3 Å². The van der Waals surface area contributed by atoms with E-state index in [0.717, 1.165) is 31.2 Å². The molecule has 0 aromatic carbocycles. The van der Waals surface area contributed by atoms with Gasteiger partial charge >= 0.3 is 0 Å². The number of nitrogens with zero attached hydrogens (tertiary/aromatic N) is 3. The number of carbonyl (C=O) groups excluding carboxylic acids is 1. The van der Waals surface area contributed by atoms with Crippen molar-refractivity contribution in [3.8, 4) is 0 Å². The van der Waals surface area contributed by atoms with E-state index in [4.69, 9.17) is 22.1 Å². The molecule has 1 saturated heterocycles. The molecule has 2 aromatic rings. The van der Waals surface area contributed by atoms with E-state index in [1.165, 1.54) is 22.6 Å². The molecule has 1 saturated carbocycles. The van der Waals surface area contributed by atoms with Crippen molar-refractivity contribution < 1.29 is 14.6 Å². The van der Waals surface area contributed by atoms with Gasteiger partial charge in [-0.25, -0.2) is 4.98 Å². The zero-order valence-corrected chi connectivity index (χ0v) is 20.2. The van der Waals surface area contributed by atoms with Crippen LogP contribution in [0.5, 0.6) is 0 Å². The van der Waals surface area contributed by atoms with Crippen molar-refractivity contribution in [2.45, 2.75) is 45.1 Å². The average Bonchev–Trinajstić information content (AvgIpc) is 3.09. The molecule has 176 valence electrons. The summed E-state index contributed by atoms with van der Waals surface area (Å²) in [6.45, 7) is 2.84. The first kappa shape index (κ1) is 23.9. The second kappa shape index (κ2) is 10.8. The SMILES string of the molecule is Cc1ccc2nc(NCCOCCO)c(/C=C3/SC(=S)N(C4CCCCC4)C3=O)c(=O)n2c1. The number of carbonyl (C=O) groups is 1. The number of anilines is 1. The molecule has 4 rings (SSSR count). The number of hydrogen-bond acceptors (Lipinski definition) is 8. The van der Waals surface area contributed by atoms with E-state index in [1.54, 1.807) is 23.2 Å². The van der Waals surface area contributed by atoms with Crippen LogP contribution in [0.3, 0.4) is 0 Å². The Morgan fingerprint density at radius 3 is 2.82 bits per heavy atom. The fourth-order valence-electron chi connectivity index (χ4n) is 4.20. The molecule has 8 nitrogen and oxygen atoms in total. The van der Waals surface area contributed by atoms with Gasteiger partial charge in [0.25, 0.3) is 11.5 Å². The van der Waals surface area contributed by atoms with E-state index >= 15 is 0 Å². The van der Waals surface area contributed by atoms with Gasteiger partial charge in [-0.3, -0.25) is 18.9 Å². The average molecular weight is 489 g/mol. The van der Waals surface area contributed by atoms with Crippen molar-refractivity contribution >= 4 is 51.7 Å². The molecule has 0 atom stereocenters. The lowest BCUT2D eigenvalue weighted by atomic mass is 9.94. The molecule has 2 fully saturated rings. The molecule has 0 radical (unpaired) electrons. The van der Waals surface area contributed by atoms with Gasteiger partial charge in [-0.2, -0.15) is 0 Å². The molecular formula is C23H28N4O4S2. The number of thioether (sulfide) groups is 1. The maximum Gasteiger partial charge on any atom is 0.267 e. The van der Waals surface area contributed by atoms with E-state index in [1.807, 2.05) is 13.0 Å². The van der Waals surface area contributed by atoms with E-state index in [9.17, 15) is 9.59 Å². The summed E-state index contributed by atoms with van der Waals surface area (Å²) in [7, 11) is 0. The van der Waals surface area contributed by atoms with Gasteiger partial charge in [0.2, 0.25) is 0 Å². The minimum absolute atomic E-state index is 0.0526. The molecule has 2 N–H and O–H groups in total. The zero-order chi connectivity index (χ0) is 23.4. The lowest BCUT2D eigenvalue weighted by Gasteiger charge is -2.29. The number of aryl methyl sites for hydroxylation is 1. The van der Waals surface area contributed by atoms with Gasteiger partial charge in [0, 0.05) is 18.8 Å².